The van der Waals surface area contributed by atoms with Gasteiger partial charge in [-0.1, -0.05) is 13.8 Å². The Morgan fingerprint density at radius 1 is 1.61 bits per heavy atom. The van der Waals surface area contributed by atoms with Gasteiger partial charge in [-0.3, -0.25) is 0 Å². The van der Waals surface area contributed by atoms with Crippen molar-refractivity contribution in [3.05, 3.63) is 18.2 Å². The van der Waals surface area contributed by atoms with E-state index in [-0.39, 0.29) is 12.1 Å². The molecular formula is C14H25N3O. The number of rotatable bonds is 4. The van der Waals surface area contributed by atoms with Gasteiger partial charge in [0.05, 0.1) is 6.61 Å². The highest BCUT2D eigenvalue weighted by molar-refractivity contribution is 5.00. The largest absolute Gasteiger partial charge is 0.394 e. The molecule has 2 unspecified atom stereocenters. The maximum atomic E-state index is 9.79. The first-order chi connectivity index (χ1) is 8.56. The summed E-state index contributed by atoms with van der Waals surface area (Å²) in [6.45, 7) is 6.55. The Morgan fingerprint density at radius 3 is 2.94 bits per heavy atom. The van der Waals surface area contributed by atoms with Crippen molar-refractivity contribution in [3.8, 4) is 0 Å². The van der Waals surface area contributed by atoms with Crippen LogP contribution in [0, 0.1) is 6.92 Å². The molecule has 0 bridgehead atoms. The van der Waals surface area contributed by atoms with Crippen molar-refractivity contribution in [1.29, 1.82) is 0 Å². The number of nitrogens with zero attached hydrogens (tertiary/aromatic N) is 2. The fourth-order valence-electron chi connectivity index (χ4n) is 3.27. The maximum absolute atomic E-state index is 9.79. The monoisotopic (exact) mass is 251 g/mol. The van der Waals surface area contributed by atoms with Crippen molar-refractivity contribution in [2.75, 3.05) is 6.61 Å². The normalized spacial score (nSPS) is 28.8. The van der Waals surface area contributed by atoms with Crippen LogP contribution in [0.3, 0.4) is 0 Å². The second-order valence-corrected chi connectivity index (χ2v) is 5.87. The minimum Gasteiger partial charge on any atom is -0.394 e. The number of imidazole rings is 1. The lowest BCUT2D eigenvalue weighted by Gasteiger charge is -2.42. The maximum Gasteiger partial charge on any atom is 0.105 e. The number of aryl methyl sites for hydroxylation is 1. The van der Waals surface area contributed by atoms with Crippen molar-refractivity contribution >= 4 is 0 Å². The lowest BCUT2D eigenvalue weighted by molar-refractivity contribution is 0.0898. The average molecular weight is 251 g/mol. The van der Waals surface area contributed by atoms with E-state index in [1.807, 2.05) is 13.1 Å². The molecule has 0 aliphatic heterocycles. The van der Waals surface area contributed by atoms with E-state index in [0.29, 0.717) is 12.1 Å². The Bertz CT molecular complexity index is 388. The van der Waals surface area contributed by atoms with Crippen molar-refractivity contribution in [1.82, 2.24) is 14.9 Å². The van der Waals surface area contributed by atoms with Gasteiger partial charge in [0, 0.05) is 30.0 Å². The fraction of sp³-hybridized carbons (Fsp3) is 0.786. The number of aliphatic hydroxyl groups is 1. The van der Waals surface area contributed by atoms with Crippen LogP contribution >= 0.6 is 0 Å². The van der Waals surface area contributed by atoms with Crippen molar-refractivity contribution in [2.45, 2.75) is 64.1 Å². The summed E-state index contributed by atoms with van der Waals surface area (Å²) in [7, 11) is 0. The van der Waals surface area contributed by atoms with Crippen LogP contribution in [-0.4, -0.2) is 32.8 Å². The predicted octanol–water partition coefficient (Wildman–Crippen LogP) is 2.04. The quantitative estimate of drug-likeness (QED) is 0.861. The molecule has 1 aliphatic carbocycles. The molecule has 0 spiro atoms. The van der Waals surface area contributed by atoms with Crippen LogP contribution in [0.25, 0.3) is 0 Å². The van der Waals surface area contributed by atoms with Gasteiger partial charge in [-0.05, 0) is 32.6 Å². The van der Waals surface area contributed by atoms with Crippen LogP contribution in [0.15, 0.2) is 12.4 Å². The summed E-state index contributed by atoms with van der Waals surface area (Å²) in [5, 5.41) is 13.4. The standard InChI is InChI=1S/C14H25N3O/c1-11(2)16-14(10-18)6-4-5-13(9-14)17-8-7-15-12(17)3/h7-8,11,13,16,18H,4-6,9-10H2,1-3H3. The number of hydrogen-bond acceptors (Lipinski definition) is 3. The molecule has 1 saturated carbocycles. The van der Waals surface area contributed by atoms with Crippen LogP contribution in [0.1, 0.15) is 51.4 Å². The number of aliphatic hydroxyl groups excluding tert-OH is 1. The van der Waals surface area contributed by atoms with Gasteiger partial charge in [0.15, 0.2) is 0 Å². The second kappa shape index (κ2) is 5.41. The van der Waals surface area contributed by atoms with E-state index in [1.54, 1.807) is 0 Å². The van der Waals surface area contributed by atoms with E-state index in [1.165, 1.54) is 6.42 Å². The molecule has 2 atom stereocenters. The number of hydrogen-bond donors (Lipinski definition) is 2. The van der Waals surface area contributed by atoms with E-state index in [0.717, 1.165) is 25.1 Å². The molecule has 4 nitrogen and oxygen atoms in total. The van der Waals surface area contributed by atoms with E-state index in [9.17, 15) is 5.11 Å². The zero-order valence-electron chi connectivity index (χ0n) is 11.7. The lowest BCUT2D eigenvalue weighted by atomic mass is 9.79. The molecule has 4 heteroatoms. The van der Waals surface area contributed by atoms with E-state index >= 15 is 0 Å². The average Bonchev–Trinajstić information content (AvgIpc) is 2.75. The Labute approximate surface area is 109 Å². The van der Waals surface area contributed by atoms with E-state index < -0.39 is 0 Å². The number of nitrogens with one attached hydrogen (secondary N) is 1. The molecular weight excluding hydrogens is 226 g/mol. The van der Waals surface area contributed by atoms with Crippen molar-refractivity contribution in [2.24, 2.45) is 0 Å². The van der Waals surface area contributed by atoms with Crippen LogP contribution in [0.2, 0.25) is 0 Å². The Kier molecular flexibility index (Phi) is 4.07. The lowest BCUT2D eigenvalue weighted by Crippen LogP contribution is -2.54. The Balaban J connectivity index is 2.14. The molecule has 1 aromatic heterocycles. The Hall–Kier alpha value is -0.870. The van der Waals surface area contributed by atoms with Gasteiger partial charge in [-0.2, -0.15) is 0 Å². The van der Waals surface area contributed by atoms with Crippen molar-refractivity contribution in [3.63, 3.8) is 0 Å². The molecule has 102 valence electrons. The van der Waals surface area contributed by atoms with Gasteiger partial charge in [-0.15, -0.1) is 0 Å². The molecule has 1 fully saturated rings. The summed E-state index contributed by atoms with van der Waals surface area (Å²) in [6, 6.07) is 0.861. The van der Waals surface area contributed by atoms with Gasteiger partial charge in [-0.25, -0.2) is 4.98 Å². The summed E-state index contributed by atoms with van der Waals surface area (Å²) in [5.74, 6) is 1.07. The summed E-state index contributed by atoms with van der Waals surface area (Å²) in [5.41, 5.74) is -0.117. The third-order valence-corrected chi connectivity index (χ3v) is 3.97. The molecule has 0 radical (unpaired) electrons. The first kappa shape index (κ1) is 13.6. The number of aromatic nitrogens is 2. The summed E-state index contributed by atoms with van der Waals surface area (Å²) >= 11 is 0. The zero-order valence-corrected chi connectivity index (χ0v) is 11.7. The van der Waals surface area contributed by atoms with E-state index in [4.69, 9.17) is 0 Å². The van der Waals surface area contributed by atoms with Gasteiger partial charge >= 0.3 is 0 Å². The minimum absolute atomic E-state index is 0.117. The predicted molar refractivity (Wildman–Crippen MR) is 72.6 cm³/mol. The first-order valence-corrected chi connectivity index (χ1v) is 6.94. The molecule has 2 N–H and O–H groups in total. The topological polar surface area (TPSA) is 50.1 Å². The molecule has 1 aliphatic rings. The molecule has 0 amide bonds. The first-order valence-electron chi connectivity index (χ1n) is 6.94. The molecule has 1 aromatic rings. The molecule has 0 aromatic carbocycles. The zero-order chi connectivity index (χ0) is 13.2. The molecule has 1 heterocycles. The summed E-state index contributed by atoms with van der Waals surface area (Å²) in [6.07, 6.45) is 8.30. The molecule has 0 saturated heterocycles. The van der Waals surface area contributed by atoms with Crippen LogP contribution in [0.4, 0.5) is 0 Å². The fourth-order valence-corrected chi connectivity index (χ4v) is 3.27. The van der Waals surface area contributed by atoms with Crippen LogP contribution in [-0.2, 0) is 0 Å². The highest BCUT2D eigenvalue weighted by Gasteiger charge is 2.36. The highest BCUT2D eigenvalue weighted by atomic mass is 16.3. The second-order valence-electron chi connectivity index (χ2n) is 5.87. The summed E-state index contributed by atoms with van der Waals surface area (Å²) < 4.78 is 2.26. The van der Waals surface area contributed by atoms with Gasteiger partial charge < -0.3 is 15.0 Å². The molecule has 2 rings (SSSR count). The van der Waals surface area contributed by atoms with Crippen LogP contribution < -0.4 is 5.32 Å². The smallest absolute Gasteiger partial charge is 0.105 e. The highest BCUT2D eigenvalue weighted by Crippen LogP contribution is 2.36. The summed E-state index contributed by atoms with van der Waals surface area (Å²) in [4.78, 5) is 4.31. The third kappa shape index (κ3) is 2.75. The Morgan fingerprint density at radius 2 is 2.39 bits per heavy atom. The molecule has 18 heavy (non-hydrogen) atoms. The van der Waals surface area contributed by atoms with Gasteiger partial charge in [0.1, 0.15) is 5.82 Å². The van der Waals surface area contributed by atoms with Crippen LogP contribution in [0.5, 0.6) is 0 Å². The van der Waals surface area contributed by atoms with Crippen molar-refractivity contribution < 1.29 is 5.11 Å². The van der Waals surface area contributed by atoms with Gasteiger partial charge in [0.25, 0.3) is 0 Å². The van der Waals surface area contributed by atoms with Gasteiger partial charge in [0.2, 0.25) is 0 Å². The van der Waals surface area contributed by atoms with E-state index in [2.05, 4.69) is 34.9 Å². The third-order valence-electron chi connectivity index (χ3n) is 3.97. The minimum atomic E-state index is -0.117. The SMILES string of the molecule is Cc1nccn1C1CCCC(CO)(NC(C)C)C1.